The minimum atomic E-state index is -1.74. The number of nitrogens with one attached hydrogen (secondary N) is 1. The molecule has 0 bridgehead atoms. The molecule has 0 aliphatic heterocycles. The molecule has 1 amide bonds. The molecular formula is C15H11F4NO2. The molecule has 0 saturated heterocycles. The van der Waals surface area contributed by atoms with Crippen LogP contribution in [0.3, 0.4) is 0 Å². The van der Waals surface area contributed by atoms with Gasteiger partial charge in [-0.3, -0.25) is 4.79 Å². The van der Waals surface area contributed by atoms with Crippen LogP contribution in [0.2, 0.25) is 0 Å². The van der Waals surface area contributed by atoms with E-state index in [9.17, 15) is 27.5 Å². The van der Waals surface area contributed by atoms with Crippen LogP contribution < -0.4 is 5.32 Å². The third-order valence-electron chi connectivity index (χ3n) is 2.99. The molecule has 2 rings (SSSR count). The molecule has 22 heavy (non-hydrogen) atoms. The monoisotopic (exact) mass is 313 g/mol. The van der Waals surface area contributed by atoms with Gasteiger partial charge >= 0.3 is 0 Å². The second-order valence-electron chi connectivity index (χ2n) is 4.50. The Morgan fingerprint density at radius 1 is 1.00 bits per heavy atom. The maximum Gasteiger partial charge on any atom is 0.254 e. The Morgan fingerprint density at radius 3 is 2.27 bits per heavy atom. The molecule has 3 nitrogen and oxygen atoms in total. The lowest BCUT2D eigenvalue weighted by molar-refractivity contribution is 0.0911. The summed E-state index contributed by atoms with van der Waals surface area (Å²) in [5, 5.41) is 12.0. The lowest BCUT2D eigenvalue weighted by Gasteiger charge is -2.12. The van der Waals surface area contributed by atoms with Crippen LogP contribution >= 0.6 is 0 Å². The van der Waals surface area contributed by atoms with Crippen molar-refractivity contribution in [3.63, 3.8) is 0 Å². The van der Waals surface area contributed by atoms with E-state index in [0.717, 1.165) is 18.2 Å². The van der Waals surface area contributed by atoms with Gasteiger partial charge in [0.05, 0.1) is 11.7 Å². The third kappa shape index (κ3) is 3.43. The van der Waals surface area contributed by atoms with Crippen molar-refractivity contribution < 1.29 is 27.5 Å². The zero-order chi connectivity index (χ0) is 16.3. The maximum atomic E-state index is 13.4. The van der Waals surface area contributed by atoms with E-state index in [1.54, 1.807) is 0 Å². The highest BCUT2D eigenvalue weighted by atomic mass is 19.2. The Kier molecular flexibility index (Phi) is 4.77. The van der Waals surface area contributed by atoms with Crippen LogP contribution in [0.4, 0.5) is 17.6 Å². The zero-order valence-electron chi connectivity index (χ0n) is 11.1. The Balaban J connectivity index is 2.04. The molecule has 7 heteroatoms. The number of hydrogen-bond donors (Lipinski definition) is 2. The molecule has 0 heterocycles. The number of hydrogen-bond acceptors (Lipinski definition) is 2. The number of aliphatic hydroxyl groups is 1. The van der Waals surface area contributed by atoms with Crippen molar-refractivity contribution in [3.05, 3.63) is 70.8 Å². The Bertz CT molecular complexity index is 689. The quantitative estimate of drug-likeness (QED) is 0.673. The first kappa shape index (κ1) is 16.0. The van der Waals surface area contributed by atoms with Gasteiger partial charge in [-0.2, -0.15) is 0 Å². The summed E-state index contributed by atoms with van der Waals surface area (Å²) in [6.45, 7) is -0.303. The first-order chi connectivity index (χ1) is 10.4. The minimum Gasteiger partial charge on any atom is -0.387 e. The lowest BCUT2D eigenvalue weighted by atomic mass is 10.1. The van der Waals surface area contributed by atoms with Crippen LogP contribution in [0.25, 0.3) is 0 Å². The van der Waals surface area contributed by atoms with Gasteiger partial charge in [0.25, 0.3) is 5.91 Å². The molecule has 2 aromatic rings. The number of benzene rings is 2. The molecule has 0 fully saturated rings. The van der Waals surface area contributed by atoms with Crippen molar-refractivity contribution in [1.29, 1.82) is 0 Å². The summed E-state index contributed by atoms with van der Waals surface area (Å²) in [6.07, 6.45) is -1.15. The first-order valence-corrected chi connectivity index (χ1v) is 6.25. The fourth-order valence-electron chi connectivity index (χ4n) is 1.79. The summed E-state index contributed by atoms with van der Waals surface area (Å²) < 4.78 is 52.0. The summed E-state index contributed by atoms with van der Waals surface area (Å²) >= 11 is 0. The van der Waals surface area contributed by atoms with Crippen LogP contribution in [-0.4, -0.2) is 17.6 Å². The summed E-state index contributed by atoms with van der Waals surface area (Å²) in [7, 11) is 0. The van der Waals surface area contributed by atoms with E-state index in [2.05, 4.69) is 5.32 Å². The molecule has 0 saturated carbocycles. The van der Waals surface area contributed by atoms with E-state index in [4.69, 9.17) is 0 Å². The topological polar surface area (TPSA) is 49.3 Å². The first-order valence-electron chi connectivity index (χ1n) is 6.25. The van der Waals surface area contributed by atoms with Crippen molar-refractivity contribution in [2.75, 3.05) is 6.54 Å². The normalized spacial score (nSPS) is 12.0. The van der Waals surface area contributed by atoms with Crippen molar-refractivity contribution in [1.82, 2.24) is 5.32 Å². The van der Waals surface area contributed by atoms with Gasteiger partial charge in [0.15, 0.2) is 17.5 Å². The molecule has 0 aliphatic carbocycles. The van der Waals surface area contributed by atoms with E-state index >= 15 is 0 Å². The van der Waals surface area contributed by atoms with Gasteiger partial charge in [-0.25, -0.2) is 17.6 Å². The largest absolute Gasteiger partial charge is 0.387 e. The maximum absolute atomic E-state index is 13.4. The van der Waals surface area contributed by atoms with Gasteiger partial charge in [-0.05, 0) is 29.8 Å². The molecule has 2 aromatic carbocycles. The second kappa shape index (κ2) is 6.57. The summed E-state index contributed by atoms with van der Waals surface area (Å²) in [5.41, 5.74) is -0.335. The van der Waals surface area contributed by atoms with E-state index in [1.807, 2.05) is 0 Å². The predicted octanol–water partition coefficient (Wildman–Crippen LogP) is 2.71. The number of aliphatic hydroxyl groups excluding tert-OH is 1. The van der Waals surface area contributed by atoms with E-state index in [1.165, 1.54) is 12.1 Å². The van der Waals surface area contributed by atoms with Crippen LogP contribution in [0.5, 0.6) is 0 Å². The van der Waals surface area contributed by atoms with Crippen LogP contribution in [-0.2, 0) is 0 Å². The highest BCUT2D eigenvalue weighted by Gasteiger charge is 2.19. The van der Waals surface area contributed by atoms with Crippen molar-refractivity contribution in [2.24, 2.45) is 0 Å². The number of amides is 1. The molecular weight excluding hydrogens is 302 g/mol. The van der Waals surface area contributed by atoms with Gasteiger partial charge in [-0.1, -0.05) is 12.1 Å². The highest BCUT2D eigenvalue weighted by Crippen LogP contribution is 2.16. The van der Waals surface area contributed by atoms with Crippen molar-refractivity contribution >= 4 is 5.91 Å². The smallest absolute Gasteiger partial charge is 0.254 e. The predicted molar refractivity (Wildman–Crippen MR) is 70.0 cm³/mol. The summed E-state index contributed by atoms with van der Waals surface area (Å²) in [4.78, 5) is 11.7. The third-order valence-corrected chi connectivity index (χ3v) is 2.99. The van der Waals surface area contributed by atoms with E-state index in [0.29, 0.717) is 11.6 Å². The second-order valence-corrected chi connectivity index (χ2v) is 4.50. The van der Waals surface area contributed by atoms with Gasteiger partial charge in [0, 0.05) is 6.54 Å². The van der Waals surface area contributed by atoms with Gasteiger partial charge in [-0.15, -0.1) is 0 Å². The Labute approximate surface area is 123 Å². The molecule has 0 aromatic heterocycles. The van der Waals surface area contributed by atoms with Crippen molar-refractivity contribution in [2.45, 2.75) is 6.10 Å². The Hall–Kier alpha value is -2.41. The number of carbonyl (C=O) groups is 1. The van der Waals surface area contributed by atoms with Gasteiger partial charge < -0.3 is 10.4 Å². The van der Waals surface area contributed by atoms with E-state index < -0.39 is 40.8 Å². The van der Waals surface area contributed by atoms with E-state index in [-0.39, 0.29) is 6.54 Å². The number of halogens is 4. The minimum absolute atomic E-state index is 0.303. The van der Waals surface area contributed by atoms with Crippen molar-refractivity contribution in [3.8, 4) is 0 Å². The summed E-state index contributed by atoms with van der Waals surface area (Å²) in [5.74, 6) is -6.23. The van der Waals surface area contributed by atoms with Crippen LogP contribution in [0.15, 0.2) is 36.4 Å². The summed E-state index contributed by atoms with van der Waals surface area (Å²) in [6, 6.07) is 6.34. The average molecular weight is 313 g/mol. The molecule has 116 valence electrons. The molecule has 2 N–H and O–H groups in total. The zero-order valence-corrected chi connectivity index (χ0v) is 11.1. The molecule has 0 aliphatic rings. The van der Waals surface area contributed by atoms with Gasteiger partial charge in [0.1, 0.15) is 5.82 Å². The number of rotatable bonds is 4. The Morgan fingerprint density at radius 2 is 1.64 bits per heavy atom. The lowest BCUT2D eigenvalue weighted by Crippen LogP contribution is -2.29. The molecule has 0 spiro atoms. The fraction of sp³-hybridized carbons (Fsp3) is 0.133. The number of carbonyl (C=O) groups excluding carboxylic acids is 1. The van der Waals surface area contributed by atoms with Crippen LogP contribution in [0.1, 0.15) is 22.0 Å². The SMILES string of the molecule is O=C(NCC(O)c1ccc(F)cc1)c1ccc(F)c(F)c1F. The molecule has 0 radical (unpaired) electrons. The molecule has 1 atom stereocenters. The standard InChI is InChI=1S/C15H11F4NO2/c16-9-3-1-8(2-4-9)12(21)7-20-15(22)10-5-6-11(17)14(19)13(10)18/h1-6,12,21H,7H2,(H,20,22). The average Bonchev–Trinajstić information content (AvgIpc) is 2.51. The molecule has 1 unspecified atom stereocenters. The van der Waals surface area contributed by atoms with Gasteiger partial charge in [0.2, 0.25) is 0 Å². The van der Waals surface area contributed by atoms with Crippen LogP contribution in [0, 0.1) is 23.3 Å². The fourth-order valence-corrected chi connectivity index (χ4v) is 1.79. The highest BCUT2D eigenvalue weighted by molar-refractivity contribution is 5.94.